The van der Waals surface area contributed by atoms with Crippen molar-refractivity contribution in [2.45, 2.75) is 18.0 Å². The van der Waals surface area contributed by atoms with Crippen LogP contribution in [0.3, 0.4) is 0 Å². The molecule has 2 N–H and O–H groups in total. The van der Waals surface area contributed by atoms with Crippen LogP contribution in [0.2, 0.25) is 15.1 Å². The molecule has 0 aliphatic rings. The maximum absolute atomic E-state index is 13.5. The van der Waals surface area contributed by atoms with Gasteiger partial charge in [-0.3, -0.25) is 9.59 Å². The monoisotopic (exact) mass is 696 g/mol. The number of benzene rings is 3. The Balaban J connectivity index is 1.46. The highest BCUT2D eigenvalue weighted by atomic mass is 79.9. The smallest absolute Gasteiger partial charge is 0.329 e. The summed E-state index contributed by atoms with van der Waals surface area (Å²) in [5, 5.41) is 7.22. The van der Waals surface area contributed by atoms with Gasteiger partial charge in [-0.15, -0.1) is 0 Å². The van der Waals surface area contributed by atoms with E-state index in [-0.39, 0.29) is 28.8 Å². The van der Waals surface area contributed by atoms with Crippen LogP contribution in [-0.4, -0.2) is 30.8 Å². The van der Waals surface area contributed by atoms with Gasteiger partial charge in [0.1, 0.15) is 11.5 Å². The zero-order chi connectivity index (χ0) is 29.6. The highest BCUT2D eigenvalue weighted by Gasteiger charge is 2.26. The molecule has 0 aliphatic heterocycles. The number of furan rings is 1. The third-order valence-electron chi connectivity index (χ3n) is 5.46. The van der Waals surface area contributed by atoms with Crippen molar-refractivity contribution in [3.63, 3.8) is 0 Å². The Bertz CT molecular complexity index is 1710. The minimum absolute atomic E-state index is 0.0326. The van der Waals surface area contributed by atoms with Crippen molar-refractivity contribution >= 4 is 84.5 Å². The summed E-state index contributed by atoms with van der Waals surface area (Å²) in [4.78, 5) is 24.2. The van der Waals surface area contributed by atoms with Crippen molar-refractivity contribution in [3.8, 4) is 0 Å². The summed E-state index contributed by atoms with van der Waals surface area (Å²) in [6, 6.07) is 20.5. The maximum Gasteiger partial charge on any atom is 0.329 e. The van der Waals surface area contributed by atoms with Crippen molar-refractivity contribution in [1.82, 2.24) is 9.73 Å². The predicted molar refractivity (Wildman–Crippen MR) is 162 cm³/mol. The van der Waals surface area contributed by atoms with Gasteiger partial charge in [-0.1, -0.05) is 62.9 Å². The third-order valence-corrected chi connectivity index (χ3v) is 8.75. The Kier molecular flexibility index (Phi) is 10.2. The van der Waals surface area contributed by atoms with E-state index in [0.717, 1.165) is 4.47 Å². The lowest BCUT2D eigenvalue weighted by molar-refractivity contribution is -0.136. The lowest BCUT2D eigenvalue weighted by Crippen LogP contribution is -2.32. The molecule has 3 aromatic carbocycles. The Labute approximate surface area is 259 Å². The summed E-state index contributed by atoms with van der Waals surface area (Å²) < 4.78 is 34.7. The van der Waals surface area contributed by atoms with Gasteiger partial charge in [0.15, 0.2) is 0 Å². The molecule has 0 saturated carbocycles. The minimum atomic E-state index is -3.99. The molecule has 1 heterocycles. The van der Waals surface area contributed by atoms with Gasteiger partial charge >= 0.3 is 11.8 Å². The first-order chi connectivity index (χ1) is 19.5. The summed E-state index contributed by atoms with van der Waals surface area (Å²) in [6.07, 6.45) is 1.19. The summed E-state index contributed by atoms with van der Waals surface area (Å²) in [5.74, 6) is -1.39. The van der Waals surface area contributed by atoms with Gasteiger partial charge in [-0.05, 0) is 72.3 Å². The Morgan fingerprint density at radius 2 is 1.66 bits per heavy atom. The average molecular weight is 699 g/mol. The van der Waals surface area contributed by atoms with Gasteiger partial charge in [0.2, 0.25) is 10.0 Å². The van der Waals surface area contributed by atoms with Crippen LogP contribution >= 0.6 is 50.7 Å². The standard InChI is InChI=1S/C27H20BrCl3N4O5S/c28-18-2-1-3-20(13-18)33-26(36)27(37)34-32-14-21-7-8-22(40-21)16-35(15-17-4-11-24(30)25(31)12-17)41(38,39)23-9-5-19(29)6-10-23/h1-14H,15-16H2,(H,33,36)(H,34,37)/b32-14+. The minimum Gasteiger partial charge on any atom is -0.459 e. The van der Waals surface area contributed by atoms with E-state index in [1.165, 1.54) is 34.8 Å². The summed E-state index contributed by atoms with van der Waals surface area (Å²) in [6.45, 7) is -0.171. The molecule has 0 bridgehead atoms. The van der Waals surface area contributed by atoms with E-state index in [4.69, 9.17) is 39.2 Å². The zero-order valence-corrected chi connectivity index (χ0v) is 25.5. The van der Waals surface area contributed by atoms with E-state index in [0.29, 0.717) is 27.1 Å². The molecule has 0 atom stereocenters. The molecule has 0 aliphatic carbocycles. The lowest BCUT2D eigenvalue weighted by atomic mass is 10.2. The van der Waals surface area contributed by atoms with E-state index in [9.17, 15) is 18.0 Å². The summed E-state index contributed by atoms with van der Waals surface area (Å²) >= 11 is 21.4. The van der Waals surface area contributed by atoms with Gasteiger partial charge in [-0.2, -0.15) is 9.41 Å². The maximum atomic E-state index is 13.5. The number of amides is 2. The second-order valence-electron chi connectivity index (χ2n) is 8.44. The topological polar surface area (TPSA) is 121 Å². The largest absolute Gasteiger partial charge is 0.459 e. The number of halogens is 4. The molecule has 1 aromatic heterocycles. The van der Waals surface area contributed by atoms with Crippen LogP contribution in [0.4, 0.5) is 5.69 Å². The van der Waals surface area contributed by atoms with Crippen molar-refractivity contribution in [1.29, 1.82) is 0 Å². The fourth-order valence-electron chi connectivity index (χ4n) is 3.51. The van der Waals surface area contributed by atoms with Crippen LogP contribution in [0.5, 0.6) is 0 Å². The molecular formula is C27H20BrCl3N4O5S. The molecule has 0 unspecified atom stereocenters. The van der Waals surface area contributed by atoms with Crippen LogP contribution in [0.1, 0.15) is 17.1 Å². The Morgan fingerprint density at radius 1 is 0.902 bits per heavy atom. The fraction of sp³-hybridized carbons (Fsp3) is 0.0741. The molecule has 0 spiro atoms. The number of nitrogens with one attached hydrogen (secondary N) is 2. The first-order valence-electron chi connectivity index (χ1n) is 11.7. The molecule has 9 nitrogen and oxygen atoms in total. The quantitative estimate of drug-likeness (QED) is 0.118. The van der Waals surface area contributed by atoms with Gasteiger partial charge in [0, 0.05) is 21.7 Å². The lowest BCUT2D eigenvalue weighted by Gasteiger charge is -2.22. The van der Waals surface area contributed by atoms with E-state index in [2.05, 4.69) is 31.8 Å². The second-order valence-corrected chi connectivity index (χ2v) is 12.5. The van der Waals surface area contributed by atoms with Gasteiger partial charge in [0.25, 0.3) is 0 Å². The van der Waals surface area contributed by atoms with Crippen LogP contribution in [0.15, 0.2) is 97.7 Å². The first-order valence-corrected chi connectivity index (χ1v) is 15.1. The van der Waals surface area contributed by atoms with Crippen LogP contribution in [-0.2, 0) is 32.7 Å². The Hall–Kier alpha value is -3.19. The van der Waals surface area contributed by atoms with E-state index in [1.54, 1.807) is 54.6 Å². The SMILES string of the molecule is O=C(N/N=C/c1ccc(CN(Cc2ccc(Cl)c(Cl)c2)S(=O)(=O)c2ccc(Cl)cc2)o1)C(=O)Nc1cccc(Br)c1. The summed E-state index contributed by atoms with van der Waals surface area (Å²) in [7, 11) is -3.99. The Morgan fingerprint density at radius 3 is 2.37 bits per heavy atom. The fourth-order valence-corrected chi connectivity index (χ4v) is 5.75. The van der Waals surface area contributed by atoms with Crippen LogP contribution in [0, 0.1) is 0 Å². The predicted octanol–water partition coefficient (Wildman–Crippen LogP) is 6.48. The zero-order valence-electron chi connectivity index (χ0n) is 20.9. The van der Waals surface area contributed by atoms with E-state index < -0.39 is 21.8 Å². The molecular weight excluding hydrogens is 679 g/mol. The number of carbonyl (C=O) groups excluding carboxylic acids is 2. The molecule has 0 radical (unpaired) electrons. The number of hydrogen-bond acceptors (Lipinski definition) is 6. The molecule has 4 aromatic rings. The van der Waals surface area contributed by atoms with E-state index in [1.807, 2.05) is 0 Å². The molecule has 0 saturated heterocycles. The highest BCUT2D eigenvalue weighted by molar-refractivity contribution is 9.10. The van der Waals surface area contributed by atoms with E-state index >= 15 is 0 Å². The number of carbonyl (C=O) groups is 2. The van der Waals surface area contributed by atoms with Crippen molar-refractivity contribution in [2.75, 3.05) is 5.32 Å². The number of anilines is 1. The number of rotatable bonds is 9. The number of hydrogen-bond donors (Lipinski definition) is 2. The molecule has 212 valence electrons. The number of hydrazone groups is 1. The molecule has 2 amide bonds. The van der Waals surface area contributed by atoms with Gasteiger partial charge in [-0.25, -0.2) is 13.8 Å². The van der Waals surface area contributed by atoms with Crippen molar-refractivity contribution in [3.05, 3.63) is 115 Å². The third kappa shape index (κ3) is 8.41. The van der Waals surface area contributed by atoms with Crippen LogP contribution in [0.25, 0.3) is 0 Å². The number of sulfonamides is 1. The van der Waals surface area contributed by atoms with Gasteiger partial charge < -0.3 is 9.73 Å². The van der Waals surface area contributed by atoms with Crippen molar-refractivity contribution in [2.24, 2.45) is 5.10 Å². The normalized spacial score (nSPS) is 11.6. The van der Waals surface area contributed by atoms with Crippen LogP contribution < -0.4 is 10.7 Å². The first kappa shape index (κ1) is 30.8. The summed E-state index contributed by atoms with van der Waals surface area (Å²) in [5.41, 5.74) is 3.15. The highest BCUT2D eigenvalue weighted by Crippen LogP contribution is 2.27. The van der Waals surface area contributed by atoms with Gasteiger partial charge in [0.05, 0.1) is 27.7 Å². The average Bonchev–Trinajstić information content (AvgIpc) is 3.37. The molecule has 4 rings (SSSR count). The number of nitrogens with zero attached hydrogens (tertiary/aromatic N) is 2. The van der Waals surface area contributed by atoms with Crippen molar-refractivity contribution < 1.29 is 22.4 Å². The molecule has 0 fully saturated rings. The molecule has 14 heteroatoms. The second kappa shape index (κ2) is 13.6. The molecule has 41 heavy (non-hydrogen) atoms.